The number of halogens is 4. The lowest BCUT2D eigenvalue weighted by Crippen LogP contribution is -2.49. The quantitative estimate of drug-likeness (QED) is 0.643. The van der Waals surface area contributed by atoms with E-state index in [0.29, 0.717) is 17.1 Å². The summed E-state index contributed by atoms with van der Waals surface area (Å²) >= 11 is 6.20. The predicted molar refractivity (Wildman–Crippen MR) is 116 cm³/mol. The monoisotopic (exact) mass is 482 g/mol. The van der Waals surface area contributed by atoms with Crippen molar-refractivity contribution in [1.29, 1.82) is 0 Å². The van der Waals surface area contributed by atoms with E-state index in [1.54, 1.807) is 18.2 Å². The van der Waals surface area contributed by atoms with Crippen LogP contribution in [0.15, 0.2) is 23.2 Å². The van der Waals surface area contributed by atoms with E-state index in [-0.39, 0.29) is 54.3 Å². The van der Waals surface area contributed by atoms with E-state index >= 15 is 4.39 Å². The molecular weight excluding hydrogens is 461 g/mol. The Kier molecular flexibility index (Phi) is 6.24. The van der Waals surface area contributed by atoms with Gasteiger partial charge in [-0.2, -0.15) is 0 Å². The number of ether oxygens (including phenoxy) is 2. The summed E-state index contributed by atoms with van der Waals surface area (Å²) in [5.41, 5.74) is 6.22. The molecule has 0 spiro atoms. The van der Waals surface area contributed by atoms with Crippen molar-refractivity contribution >= 4 is 29.0 Å². The molecule has 7 nitrogen and oxygen atoms in total. The molecule has 2 aliphatic rings. The smallest absolute Gasteiger partial charge is 0.268 e. The van der Waals surface area contributed by atoms with E-state index in [4.69, 9.17) is 26.8 Å². The van der Waals surface area contributed by atoms with E-state index < -0.39 is 29.5 Å². The van der Waals surface area contributed by atoms with Crippen LogP contribution in [0.4, 0.5) is 19.0 Å². The Bertz CT molecular complexity index is 1140. The first-order chi connectivity index (χ1) is 15.7. The molecule has 0 radical (unpaired) electrons. The van der Waals surface area contributed by atoms with Crippen molar-refractivity contribution in [1.82, 2.24) is 9.88 Å². The topological polar surface area (TPSA) is 90.0 Å². The molecular formula is C22H22ClF3N4O3. The van der Waals surface area contributed by atoms with Crippen molar-refractivity contribution in [3.05, 3.63) is 45.9 Å². The van der Waals surface area contributed by atoms with Gasteiger partial charge in [0.2, 0.25) is 0 Å². The lowest BCUT2D eigenvalue weighted by molar-refractivity contribution is -0.0223. The average molecular weight is 483 g/mol. The Morgan fingerprint density at radius 1 is 1.33 bits per heavy atom. The van der Waals surface area contributed by atoms with Crippen LogP contribution in [0.2, 0.25) is 5.15 Å². The number of hydrogen-bond donors (Lipinski definition) is 1. The van der Waals surface area contributed by atoms with Gasteiger partial charge in [0.25, 0.3) is 11.8 Å². The van der Waals surface area contributed by atoms with Crippen LogP contribution in [0, 0.1) is 5.82 Å². The fraction of sp³-hybridized carbons (Fsp3) is 0.409. The van der Waals surface area contributed by atoms with Crippen molar-refractivity contribution in [2.45, 2.75) is 44.3 Å². The van der Waals surface area contributed by atoms with Crippen LogP contribution in [0.5, 0.6) is 11.5 Å². The number of amides is 1. The van der Waals surface area contributed by atoms with Gasteiger partial charge in [-0.3, -0.25) is 4.79 Å². The molecule has 1 atom stereocenters. The van der Waals surface area contributed by atoms with Crippen LogP contribution in [0.3, 0.4) is 0 Å². The Labute approximate surface area is 193 Å². The number of benzene rings is 1. The SMILES string of the molecule is COc1ccc(CN2Cc3c(F)c(N=C4CCCC(F)(F)C4N)nc(Cl)c3C2=O)c(OC)c1. The van der Waals surface area contributed by atoms with Crippen molar-refractivity contribution in [2.24, 2.45) is 10.7 Å². The second kappa shape index (κ2) is 8.83. The van der Waals surface area contributed by atoms with Gasteiger partial charge >= 0.3 is 0 Å². The summed E-state index contributed by atoms with van der Waals surface area (Å²) in [6.07, 6.45) is 0.0248. The summed E-state index contributed by atoms with van der Waals surface area (Å²) in [5.74, 6) is -3.86. The molecule has 1 unspecified atom stereocenters. The third-order valence-corrected chi connectivity index (χ3v) is 6.16. The zero-order valence-corrected chi connectivity index (χ0v) is 18.8. The minimum absolute atomic E-state index is 0.0166. The fourth-order valence-electron chi connectivity index (χ4n) is 4.07. The van der Waals surface area contributed by atoms with Gasteiger partial charge in [0.15, 0.2) is 11.6 Å². The number of alkyl halides is 2. The maximum atomic E-state index is 15.3. The molecule has 2 heterocycles. The van der Waals surface area contributed by atoms with E-state index in [0.717, 1.165) is 0 Å². The lowest BCUT2D eigenvalue weighted by Gasteiger charge is -2.29. The first-order valence-electron chi connectivity index (χ1n) is 10.2. The predicted octanol–water partition coefficient (Wildman–Crippen LogP) is 4.27. The van der Waals surface area contributed by atoms with Crippen LogP contribution in [0.25, 0.3) is 0 Å². The fourth-order valence-corrected chi connectivity index (χ4v) is 4.34. The Morgan fingerprint density at radius 2 is 2.09 bits per heavy atom. The number of nitrogens with two attached hydrogens (primary N) is 1. The number of pyridine rings is 1. The van der Waals surface area contributed by atoms with Gasteiger partial charge in [-0.15, -0.1) is 0 Å². The third-order valence-electron chi connectivity index (χ3n) is 5.89. The van der Waals surface area contributed by atoms with Crippen LogP contribution in [-0.4, -0.2) is 47.7 Å². The highest BCUT2D eigenvalue weighted by Crippen LogP contribution is 2.37. The molecule has 1 aromatic carbocycles. The summed E-state index contributed by atoms with van der Waals surface area (Å²) in [6.45, 7) is 0.0366. The van der Waals surface area contributed by atoms with E-state index in [2.05, 4.69) is 9.98 Å². The van der Waals surface area contributed by atoms with Gasteiger partial charge in [0.05, 0.1) is 26.3 Å². The number of carbonyl (C=O) groups excluding carboxylic acids is 1. The molecule has 2 aromatic rings. The van der Waals surface area contributed by atoms with Crippen molar-refractivity contribution in [3.63, 3.8) is 0 Å². The molecule has 11 heteroatoms. The van der Waals surface area contributed by atoms with Crippen LogP contribution < -0.4 is 15.2 Å². The number of methoxy groups -OCH3 is 2. The number of rotatable bonds is 5. The van der Waals surface area contributed by atoms with Crippen LogP contribution >= 0.6 is 11.6 Å². The van der Waals surface area contributed by atoms with Gasteiger partial charge in [-0.05, 0) is 25.0 Å². The zero-order chi connectivity index (χ0) is 23.9. The summed E-state index contributed by atoms with van der Waals surface area (Å²) in [6, 6.07) is 3.51. The summed E-state index contributed by atoms with van der Waals surface area (Å²) in [5, 5.41) is -0.240. The van der Waals surface area contributed by atoms with E-state index in [1.165, 1.54) is 19.1 Å². The normalized spacial score (nSPS) is 20.8. The van der Waals surface area contributed by atoms with Gasteiger partial charge in [-0.1, -0.05) is 11.6 Å². The molecule has 176 valence electrons. The number of fused-ring (bicyclic) bond motifs is 1. The second-order valence-electron chi connectivity index (χ2n) is 7.93. The third kappa shape index (κ3) is 4.24. The van der Waals surface area contributed by atoms with Gasteiger partial charge in [0.1, 0.15) is 22.7 Å². The van der Waals surface area contributed by atoms with Crippen molar-refractivity contribution in [2.75, 3.05) is 14.2 Å². The molecule has 2 N–H and O–H groups in total. The van der Waals surface area contributed by atoms with Crippen molar-refractivity contribution < 1.29 is 27.4 Å². The molecule has 0 saturated heterocycles. The molecule has 0 bridgehead atoms. The van der Waals surface area contributed by atoms with Crippen LogP contribution in [-0.2, 0) is 13.1 Å². The molecule has 33 heavy (non-hydrogen) atoms. The Morgan fingerprint density at radius 3 is 2.79 bits per heavy atom. The second-order valence-corrected chi connectivity index (χ2v) is 8.29. The minimum atomic E-state index is -3.13. The number of aromatic nitrogens is 1. The van der Waals surface area contributed by atoms with E-state index in [9.17, 15) is 13.6 Å². The Hall–Kier alpha value is -2.85. The lowest BCUT2D eigenvalue weighted by atomic mass is 9.90. The first kappa shape index (κ1) is 23.3. The van der Waals surface area contributed by atoms with Crippen molar-refractivity contribution in [3.8, 4) is 11.5 Å². The molecule has 1 aliphatic carbocycles. The highest BCUT2D eigenvalue weighted by molar-refractivity contribution is 6.33. The summed E-state index contributed by atoms with van der Waals surface area (Å²) < 4.78 is 53.7. The number of carbonyl (C=O) groups is 1. The van der Waals surface area contributed by atoms with Gasteiger partial charge in [0, 0.05) is 35.9 Å². The van der Waals surface area contributed by atoms with E-state index in [1.807, 2.05) is 0 Å². The molecule has 1 aromatic heterocycles. The number of nitrogens with zero attached hydrogens (tertiary/aromatic N) is 3. The molecule has 4 rings (SSSR count). The largest absolute Gasteiger partial charge is 0.497 e. The number of aliphatic imine (C=N–C) groups is 1. The molecule has 1 aliphatic heterocycles. The average Bonchev–Trinajstić information content (AvgIpc) is 3.12. The summed E-state index contributed by atoms with van der Waals surface area (Å²) in [7, 11) is 3.01. The molecule has 1 saturated carbocycles. The molecule has 1 fully saturated rings. The van der Waals surface area contributed by atoms with Gasteiger partial charge in [-0.25, -0.2) is 23.1 Å². The maximum Gasteiger partial charge on any atom is 0.268 e. The summed E-state index contributed by atoms with van der Waals surface area (Å²) in [4.78, 5) is 22.2. The van der Waals surface area contributed by atoms with Crippen LogP contribution in [0.1, 0.15) is 40.7 Å². The Balaban J connectivity index is 1.65. The maximum absolute atomic E-state index is 15.3. The standard InChI is InChI=1S/C22H22ClF3N4O3/c1-32-12-6-5-11(15(8-12)33-2)9-30-10-13-16(21(30)31)19(23)29-20(17(13)24)28-14-4-3-7-22(25,26)18(14)27/h5-6,8,18H,3-4,7,9-10,27H2,1-2H3. The van der Waals surface area contributed by atoms with Gasteiger partial charge < -0.3 is 20.1 Å². The first-order valence-corrected chi connectivity index (χ1v) is 10.6. The minimum Gasteiger partial charge on any atom is -0.497 e. The molecule has 1 amide bonds. The highest BCUT2D eigenvalue weighted by Gasteiger charge is 2.43. The number of hydrogen-bond acceptors (Lipinski definition) is 6. The highest BCUT2D eigenvalue weighted by atomic mass is 35.5. The zero-order valence-electron chi connectivity index (χ0n) is 18.0.